The lowest BCUT2D eigenvalue weighted by atomic mass is 10.3. The van der Waals surface area contributed by atoms with Crippen LogP contribution in [0.1, 0.15) is 0 Å². The first-order valence-electron chi connectivity index (χ1n) is 6.06. The van der Waals surface area contributed by atoms with Gasteiger partial charge in [0.1, 0.15) is 0 Å². The Morgan fingerprint density at radius 3 is 2.23 bits per heavy atom. The Labute approximate surface area is 130 Å². The number of hydrogen-bond donors (Lipinski definition) is 1. The summed E-state index contributed by atoms with van der Waals surface area (Å²) in [5, 5.41) is 1.91. The van der Waals surface area contributed by atoms with E-state index in [0.29, 0.717) is 5.69 Å². The minimum atomic E-state index is -3.76. The van der Waals surface area contributed by atoms with Crippen molar-refractivity contribution < 1.29 is 18.0 Å². The average Bonchev–Trinajstić information content (AvgIpc) is 3.09. The van der Waals surface area contributed by atoms with Gasteiger partial charge in [0.15, 0.2) is 5.13 Å². The molecule has 0 saturated carbocycles. The number of sulfonamides is 1. The van der Waals surface area contributed by atoms with Gasteiger partial charge in [0.05, 0.1) is 10.6 Å². The van der Waals surface area contributed by atoms with E-state index in [4.69, 9.17) is 0 Å². The van der Waals surface area contributed by atoms with E-state index in [1.807, 2.05) is 0 Å². The fourth-order valence-corrected chi connectivity index (χ4v) is 3.67. The number of benzene rings is 1. The average molecular weight is 335 g/mol. The molecule has 0 fully saturated rings. The maximum atomic E-state index is 12.2. The van der Waals surface area contributed by atoms with Gasteiger partial charge >= 0.3 is 0 Å². The van der Waals surface area contributed by atoms with Crippen molar-refractivity contribution in [3.05, 3.63) is 48.0 Å². The molecule has 22 heavy (non-hydrogen) atoms. The van der Waals surface area contributed by atoms with Crippen molar-refractivity contribution in [2.45, 2.75) is 4.90 Å². The summed E-state index contributed by atoms with van der Waals surface area (Å²) >= 11 is 1.16. The molecule has 0 spiro atoms. The second-order valence-corrected chi connectivity index (χ2v) is 6.86. The van der Waals surface area contributed by atoms with Crippen molar-refractivity contribution >= 4 is 44.0 Å². The van der Waals surface area contributed by atoms with Gasteiger partial charge in [-0.05, 0) is 24.3 Å². The van der Waals surface area contributed by atoms with Crippen molar-refractivity contribution in [1.82, 2.24) is 4.98 Å². The van der Waals surface area contributed by atoms with Gasteiger partial charge < -0.3 is 0 Å². The Morgan fingerprint density at radius 1 is 1.05 bits per heavy atom. The molecule has 7 nitrogen and oxygen atoms in total. The highest BCUT2D eigenvalue weighted by Gasteiger charge is 2.25. The van der Waals surface area contributed by atoms with E-state index in [-0.39, 0.29) is 10.0 Å². The zero-order valence-corrected chi connectivity index (χ0v) is 12.6. The van der Waals surface area contributed by atoms with E-state index in [1.54, 1.807) is 5.38 Å². The van der Waals surface area contributed by atoms with Crippen LogP contribution in [0.15, 0.2) is 52.9 Å². The molecular weight excluding hydrogens is 326 g/mol. The second-order valence-electron chi connectivity index (χ2n) is 4.28. The quantitative estimate of drug-likeness (QED) is 0.851. The Balaban J connectivity index is 1.85. The van der Waals surface area contributed by atoms with Crippen LogP contribution < -0.4 is 9.62 Å². The van der Waals surface area contributed by atoms with Crippen LogP contribution in [0, 0.1) is 0 Å². The van der Waals surface area contributed by atoms with Gasteiger partial charge in [0.2, 0.25) is 0 Å². The molecule has 0 unspecified atom stereocenters. The Hall–Kier alpha value is -2.52. The third-order valence-electron chi connectivity index (χ3n) is 2.87. The molecule has 1 N–H and O–H groups in total. The fraction of sp³-hybridized carbons (Fsp3) is 0. The standard InChI is InChI=1S/C13H9N3O4S2/c17-11-5-6-12(18)16(11)9-1-3-10(4-2-9)22(19,20)15-13-14-7-8-21-13/h1-8H,(H,14,15). The molecule has 1 aromatic heterocycles. The van der Waals surface area contributed by atoms with Gasteiger partial charge in [0.25, 0.3) is 21.8 Å². The molecule has 3 rings (SSSR count). The predicted molar refractivity (Wildman–Crippen MR) is 81.0 cm³/mol. The summed E-state index contributed by atoms with van der Waals surface area (Å²) in [5.41, 5.74) is 0.313. The summed E-state index contributed by atoms with van der Waals surface area (Å²) in [6, 6.07) is 5.45. The van der Waals surface area contributed by atoms with Crippen molar-refractivity contribution in [3.63, 3.8) is 0 Å². The molecule has 0 radical (unpaired) electrons. The summed E-state index contributed by atoms with van der Waals surface area (Å²) in [6.45, 7) is 0. The van der Waals surface area contributed by atoms with E-state index in [0.717, 1.165) is 28.4 Å². The summed E-state index contributed by atoms with van der Waals surface area (Å²) in [4.78, 5) is 27.9. The van der Waals surface area contributed by atoms with Gasteiger partial charge in [-0.3, -0.25) is 14.3 Å². The van der Waals surface area contributed by atoms with E-state index in [9.17, 15) is 18.0 Å². The molecule has 112 valence electrons. The van der Waals surface area contributed by atoms with E-state index in [2.05, 4.69) is 9.71 Å². The van der Waals surface area contributed by atoms with Crippen LogP contribution in [0.2, 0.25) is 0 Å². The van der Waals surface area contributed by atoms with Gasteiger partial charge in [-0.1, -0.05) is 0 Å². The SMILES string of the molecule is O=C1C=CC(=O)N1c1ccc(S(=O)(=O)Nc2nccs2)cc1. The molecular formula is C13H9N3O4S2. The fourth-order valence-electron chi connectivity index (χ4n) is 1.88. The molecule has 2 amide bonds. The first-order valence-corrected chi connectivity index (χ1v) is 8.42. The maximum absolute atomic E-state index is 12.2. The van der Waals surface area contributed by atoms with E-state index >= 15 is 0 Å². The number of amides is 2. The van der Waals surface area contributed by atoms with Crippen LogP contribution in [0.5, 0.6) is 0 Å². The number of thiazole rings is 1. The molecule has 1 aliphatic heterocycles. The number of imide groups is 1. The lowest BCUT2D eigenvalue weighted by Crippen LogP contribution is -2.29. The van der Waals surface area contributed by atoms with Crippen molar-refractivity contribution in [2.24, 2.45) is 0 Å². The second kappa shape index (κ2) is 5.35. The van der Waals surface area contributed by atoms with Crippen LogP contribution in [0.3, 0.4) is 0 Å². The lowest BCUT2D eigenvalue weighted by molar-refractivity contribution is -0.119. The zero-order chi connectivity index (χ0) is 15.7. The molecule has 0 atom stereocenters. The van der Waals surface area contributed by atoms with Crippen molar-refractivity contribution in [1.29, 1.82) is 0 Å². The highest BCUT2D eigenvalue weighted by Crippen LogP contribution is 2.23. The summed E-state index contributed by atoms with van der Waals surface area (Å²) in [5.74, 6) is -0.914. The maximum Gasteiger partial charge on any atom is 0.263 e. The van der Waals surface area contributed by atoms with Gasteiger partial charge in [-0.2, -0.15) is 0 Å². The summed E-state index contributed by atoms with van der Waals surface area (Å²) in [6.07, 6.45) is 3.82. The molecule has 1 aromatic carbocycles. The number of carbonyl (C=O) groups excluding carboxylic acids is 2. The molecule has 9 heteroatoms. The summed E-state index contributed by atoms with van der Waals surface area (Å²) < 4.78 is 26.7. The van der Waals surface area contributed by atoms with Crippen LogP contribution in [0.4, 0.5) is 10.8 Å². The van der Waals surface area contributed by atoms with Gasteiger partial charge in [0, 0.05) is 23.7 Å². The number of nitrogens with one attached hydrogen (secondary N) is 1. The highest BCUT2D eigenvalue weighted by molar-refractivity contribution is 7.93. The lowest BCUT2D eigenvalue weighted by Gasteiger charge is -2.14. The topological polar surface area (TPSA) is 96.4 Å². The smallest absolute Gasteiger partial charge is 0.263 e. The molecule has 1 aliphatic rings. The van der Waals surface area contributed by atoms with Crippen LogP contribution in [-0.2, 0) is 19.6 Å². The highest BCUT2D eigenvalue weighted by atomic mass is 32.2. The van der Waals surface area contributed by atoms with E-state index in [1.165, 1.54) is 30.5 Å². The minimum Gasteiger partial charge on any atom is -0.269 e. The van der Waals surface area contributed by atoms with Crippen molar-refractivity contribution in [3.8, 4) is 0 Å². The first-order chi connectivity index (χ1) is 10.5. The molecule has 2 heterocycles. The third-order valence-corrected chi connectivity index (χ3v) is 5.04. The zero-order valence-electron chi connectivity index (χ0n) is 11.0. The van der Waals surface area contributed by atoms with Crippen LogP contribution in [0.25, 0.3) is 0 Å². The van der Waals surface area contributed by atoms with Crippen molar-refractivity contribution in [2.75, 3.05) is 9.62 Å². The summed E-state index contributed by atoms with van der Waals surface area (Å²) in [7, 11) is -3.76. The minimum absolute atomic E-state index is 0.0125. The van der Waals surface area contributed by atoms with Crippen LogP contribution in [-0.4, -0.2) is 25.2 Å². The number of carbonyl (C=O) groups is 2. The normalized spacial score (nSPS) is 14.6. The Kier molecular flexibility index (Phi) is 3.51. The third kappa shape index (κ3) is 2.63. The van der Waals surface area contributed by atoms with E-state index < -0.39 is 21.8 Å². The number of nitrogens with zero attached hydrogens (tertiary/aromatic N) is 2. The largest absolute Gasteiger partial charge is 0.269 e. The number of anilines is 2. The number of rotatable bonds is 4. The monoisotopic (exact) mass is 335 g/mol. The number of aromatic nitrogens is 1. The predicted octanol–water partition coefficient (Wildman–Crippen LogP) is 1.37. The van der Waals surface area contributed by atoms with Crippen LogP contribution >= 0.6 is 11.3 Å². The Bertz CT molecular complexity index is 837. The first kappa shape index (κ1) is 14.4. The Morgan fingerprint density at radius 2 is 1.68 bits per heavy atom. The number of hydrogen-bond acceptors (Lipinski definition) is 6. The molecule has 2 aromatic rings. The molecule has 0 saturated heterocycles. The molecule has 0 bridgehead atoms. The molecule has 0 aliphatic carbocycles. The van der Waals surface area contributed by atoms with Gasteiger partial charge in [-0.25, -0.2) is 18.3 Å². The van der Waals surface area contributed by atoms with Gasteiger partial charge in [-0.15, -0.1) is 11.3 Å².